The second kappa shape index (κ2) is 34.8. The van der Waals surface area contributed by atoms with Crippen LogP contribution >= 0.6 is 12.6 Å². The monoisotopic (exact) mass is 859 g/mol. The smallest absolute Gasteiger partial charge is 0.343 e. The summed E-state index contributed by atoms with van der Waals surface area (Å²) in [5.74, 6) is 1.23. The SMILES string of the molecule is CCCCCCCCCCCCCCCCOc1ccc(C(=O)Oc2ccc(C(=O)Oc3ccc(COC(=O)CCCCCCCCCCCCCCCS)cc3)cc2)cc1. The fraction of sp³-hybridized carbons (Fsp3) is 0.604. The van der Waals surface area contributed by atoms with Crippen LogP contribution < -0.4 is 14.2 Å². The molecule has 0 aliphatic carbocycles. The third-order valence-corrected chi connectivity index (χ3v) is 11.5. The van der Waals surface area contributed by atoms with E-state index < -0.39 is 11.9 Å². The molecule has 0 aliphatic rings. The third kappa shape index (κ3) is 25.7. The summed E-state index contributed by atoms with van der Waals surface area (Å²) in [5, 5.41) is 0. The second-order valence-corrected chi connectivity index (χ2v) is 17.1. The van der Waals surface area contributed by atoms with E-state index in [-0.39, 0.29) is 12.6 Å². The Balaban J connectivity index is 1.20. The minimum Gasteiger partial charge on any atom is -0.494 e. The van der Waals surface area contributed by atoms with Crippen LogP contribution in [0.1, 0.15) is 213 Å². The highest BCUT2D eigenvalue weighted by Crippen LogP contribution is 2.21. The van der Waals surface area contributed by atoms with Gasteiger partial charge in [-0.05, 0) is 91.2 Å². The molecule has 3 aromatic rings. The largest absolute Gasteiger partial charge is 0.494 e. The first-order chi connectivity index (χ1) is 30.0. The summed E-state index contributed by atoms with van der Waals surface area (Å²) >= 11 is 4.27. The number of hydrogen-bond donors (Lipinski definition) is 1. The molecule has 0 N–H and O–H groups in total. The van der Waals surface area contributed by atoms with Gasteiger partial charge < -0.3 is 18.9 Å². The van der Waals surface area contributed by atoms with E-state index in [0.717, 1.165) is 36.3 Å². The van der Waals surface area contributed by atoms with E-state index in [1.54, 1.807) is 72.8 Å². The summed E-state index contributed by atoms with van der Waals surface area (Å²) in [6.07, 6.45) is 35.2. The summed E-state index contributed by atoms with van der Waals surface area (Å²) in [6, 6.07) is 20.1. The van der Waals surface area contributed by atoms with E-state index in [1.807, 2.05) is 0 Å². The van der Waals surface area contributed by atoms with Gasteiger partial charge in [-0.3, -0.25) is 4.79 Å². The molecule has 8 heteroatoms. The Morgan fingerprint density at radius 1 is 0.426 bits per heavy atom. The van der Waals surface area contributed by atoms with Gasteiger partial charge in [-0.15, -0.1) is 0 Å². The number of rotatable bonds is 37. The quantitative estimate of drug-likeness (QED) is 0.0267. The minimum absolute atomic E-state index is 0.180. The molecule has 0 heterocycles. The second-order valence-electron chi connectivity index (χ2n) is 16.6. The number of hydrogen-bond acceptors (Lipinski definition) is 8. The lowest BCUT2D eigenvalue weighted by Crippen LogP contribution is -2.10. The Labute approximate surface area is 374 Å². The summed E-state index contributed by atoms with van der Waals surface area (Å²) in [5.41, 5.74) is 1.55. The van der Waals surface area contributed by atoms with Crippen molar-refractivity contribution in [3.8, 4) is 17.2 Å². The first-order valence-corrected chi connectivity index (χ1v) is 24.7. The predicted molar refractivity (Wildman–Crippen MR) is 253 cm³/mol. The maximum Gasteiger partial charge on any atom is 0.343 e. The standard InChI is InChI=1S/C53H78O7S/c1-2-3-4-5-6-7-8-9-12-15-18-21-24-27-42-57-48-38-32-46(33-39-48)52(55)60-50-40-34-47(35-41-50)53(56)59-49-36-30-45(31-37-49)44-58-51(54)29-26-23-20-17-14-11-10-13-16-19-22-25-28-43-61/h30-41,61H,2-29,42-44H2,1H3. The van der Waals surface area contributed by atoms with Crippen LogP contribution in [0.2, 0.25) is 0 Å². The Hall–Kier alpha value is -3.78. The van der Waals surface area contributed by atoms with Gasteiger partial charge in [0.25, 0.3) is 0 Å². The van der Waals surface area contributed by atoms with Gasteiger partial charge >= 0.3 is 17.9 Å². The molecule has 0 saturated heterocycles. The minimum atomic E-state index is -0.534. The Bertz CT molecular complexity index is 1550. The van der Waals surface area contributed by atoms with Gasteiger partial charge in [0.05, 0.1) is 17.7 Å². The van der Waals surface area contributed by atoms with Gasteiger partial charge in [0.2, 0.25) is 0 Å². The summed E-state index contributed by atoms with van der Waals surface area (Å²) in [4.78, 5) is 37.8. The zero-order valence-electron chi connectivity index (χ0n) is 37.7. The van der Waals surface area contributed by atoms with E-state index in [9.17, 15) is 14.4 Å². The van der Waals surface area contributed by atoms with Crippen LogP contribution in [0.25, 0.3) is 0 Å². The highest BCUT2D eigenvalue weighted by Gasteiger charge is 2.13. The van der Waals surface area contributed by atoms with Crippen molar-refractivity contribution in [2.75, 3.05) is 12.4 Å². The average molecular weight is 859 g/mol. The molecule has 7 nitrogen and oxygen atoms in total. The van der Waals surface area contributed by atoms with E-state index in [4.69, 9.17) is 18.9 Å². The van der Waals surface area contributed by atoms with Crippen LogP contribution in [0.5, 0.6) is 17.2 Å². The van der Waals surface area contributed by atoms with Crippen LogP contribution in [0, 0.1) is 0 Å². The normalized spacial score (nSPS) is 11.0. The molecule has 0 radical (unpaired) electrons. The average Bonchev–Trinajstić information content (AvgIpc) is 3.28. The number of benzene rings is 3. The van der Waals surface area contributed by atoms with Gasteiger partial charge in [0.15, 0.2) is 0 Å². The molecule has 61 heavy (non-hydrogen) atoms. The molecule has 0 saturated carbocycles. The zero-order valence-corrected chi connectivity index (χ0v) is 38.5. The fourth-order valence-corrected chi connectivity index (χ4v) is 7.60. The molecule has 0 spiro atoms. The molecule has 0 aromatic heterocycles. The molecule has 0 fully saturated rings. The van der Waals surface area contributed by atoms with Crippen molar-refractivity contribution in [1.29, 1.82) is 0 Å². The molecule has 338 valence electrons. The van der Waals surface area contributed by atoms with Gasteiger partial charge in [0, 0.05) is 6.42 Å². The van der Waals surface area contributed by atoms with Crippen LogP contribution in [0.4, 0.5) is 0 Å². The first-order valence-electron chi connectivity index (χ1n) is 24.1. The summed E-state index contributed by atoms with van der Waals surface area (Å²) in [7, 11) is 0. The van der Waals surface area contributed by atoms with Crippen molar-refractivity contribution in [2.45, 2.75) is 193 Å². The molecule has 0 amide bonds. The maximum absolute atomic E-state index is 12.8. The maximum atomic E-state index is 12.8. The number of ether oxygens (including phenoxy) is 4. The molecule has 3 rings (SSSR count). The molecule has 0 aliphatic heterocycles. The third-order valence-electron chi connectivity index (χ3n) is 11.2. The highest BCUT2D eigenvalue weighted by atomic mass is 32.1. The number of carbonyl (C=O) groups excluding carboxylic acids is 3. The van der Waals surface area contributed by atoms with Crippen molar-refractivity contribution in [3.63, 3.8) is 0 Å². The molecule has 0 unspecified atom stereocenters. The Morgan fingerprint density at radius 3 is 1.21 bits per heavy atom. The topological polar surface area (TPSA) is 88.1 Å². The van der Waals surface area contributed by atoms with Crippen LogP contribution in [0.3, 0.4) is 0 Å². The van der Waals surface area contributed by atoms with Gasteiger partial charge in [-0.2, -0.15) is 12.6 Å². The van der Waals surface area contributed by atoms with Crippen LogP contribution in [-0.2, 0) is 16.1 Å². The lowest BCUT2D eigenvalue weighted by molar-refractivity contribution is -0.145. The van der Waals surface area contributed by atoms with Crippen molar-refractivity contribution in [3.05, 3.63) is 89.5 Å². The van der Waals surface area contributed by atoms with Gasteiger partial charge in [-0.25, -0.2) is 9.59 Å². The zero-order chi connectivity index (χ0) is 43.4. The van der Waals surface area contributed by atoms with E-state index in [1.165, 1.54) is 154 Å². The summed E-state index contributed by atoms with van der Waals surface area (Å²) < 4.78 is 22.4. The van der Waals surface area contributed by atoms with Gasteiger partial charge in [-0.1, -0.05) is 173 Å². The Morgan fingerprint density at radius 2 is 0.787 bits per heavy atom. The molecular weight excluding hydrogens is 781 g/mol. The highest BCUT2D eigenvalue weighted by molar-refractivity contribution is 7.80. The Kier molecular flexibility index (Phi) is 29.4. The molecular formula is C53H78O7S. The lowest BCUT2D eigenvalue weighted by atomic mass is 10.0. The van der Waals surface area contributed by atoms with E-state index in [0.29, 0.717) is 35.7 Å². The number of esters is 3. The van der Waals surface area contributed by atoms with Gasteiger partial charge in [0.1, 0.15) is 23.9 Å². The van der Waals surface area contributed by atoms with Crippen molar-refractivity contribution in [1.82, 2.24) is 0 Å². The molecule has 3 aromatic carbocycles. The number of thiol groups is 1. The van der Waals surface area contributed by atoms with Crippen molar-refractivity contribution >= 4 is 30.5 Å². The van der Waals surface area contributed by atoms with E-state index >= 15 is 0 Å². The predicted octanol–water partition coefficient (Wildman–Crippen LogP) is 15.4. The molecule has 0 atom stereocenters. The molecule has 0 bridgehead atoms. The van der Waals surface area contributed by atoms with Crippen LogP contribution in [-0.4, -0.2) is 30.3 Å². The fourth-order valence-electron chi connectivity index (χ4n) is 7.38. The summed E-state index contributed by atoms with van der Waals surface area (Å²) in [6.45, 7) is 3.12. The number of unbranched alkanes of at least 4 members (excludes halogenated alkanes) is 25. The first kappa shape index (κ1) is 51.6. The van der Waals surface area contributed by atoms with Crippen LogP contribution in [0.15, 0.2) is 72.8 Å². The lowest BCUT2D eigenvalue weighted by Gasteiger charge is -2.09. The van der Waals surface area contributed by atoms with Crippen molar-refractivity contribution in [2.24, 2.45) is 0 Å². The van der Waals surface area contributed by atoms with Crippen molar-refractivity contribution < 1.29 is 33.3 Å². The number of carbonyl (C=O) groups is 3. The van der Waals surface area contributed by atoms with E-state index in [2.05, 4.69) is 19.6 Å².